The molecule has 0 radical (unpaired) electrons. The number of aromatic amines is 1. The molecular weight excluding hydrogens is 360 g/mol. The fraction of sp³-hybridized carbons (Fsp3) is 0.381. The van der Waals surface area contributed by atoms with E-state index in [2.05, 4.69) is 16.9 Å². The van der Waals surface area contributed by atoms with Crippen LogP contribution in [0.3, 0.4) is 0 Å². The van der Waals surface area contributed by atoms with Gasteiger partial charge in [-0.3, -0.25) is 4.79 Å². The molecule has 0 saturated heterocycles. The first-order valence-corrected chi connectivity index (χ1v) is 10.0. The van der Waals surface area contributed by atoms with Gasteiger partial charge in [0.25, 0.3) is 5.56 Å². The fourth-order valence-electron chi connectivity index (χ4n) is 3.77. The summed E-state index contributed by atoms with van der Waals surface area (Å²) in [7, 11) is 0. The molecule has 1 aliphatic carbocycles. The van der Waals surface area contributed by atoms with Gasteiger partial charge < -0.3 is 9.72 Å². The molecule has 0 fully saturated rings. The Kier molecular flexibility index (Phi) is 4.60. The Hall–Kier alpha value is -2.47. The lowest BCUT2D eigenvalue weighted by Crippen LogP contribution is -2.16. The van der Waals surface area contributed by atoms with Crippen LogP contribution in [-0.4, -0.2) is 15.9 Å². The lowest BCUT2D eigenvalue weighted by Gasteiger charge is -2.17. The molecule has 5 nitrogen and oxygen atoms in total. The van der Waals surface area contributed by atoms with Crippen molar-refractivity contribution in [2.75, 3.05) is 0 Å². The van der Waals surface area contributed by atoms with Crippen LogP contribution in [0.15, 0.2) is 23.0 Å². The third kappa shape index (κ3) is 3.54. The van der Waals surface area contributed by atoms with Gasteiger partial charge in [-0.2, -0.15) is 0 Å². The maximum atomic E-state index is 12.6. The number of H-pyrrole nitrogens is 1. The number of benzene rings is 1. The zero-order valence-corrected chi connectivity index (χ0v) is 16.5. The average Bonchev–Trinajstić information content (AvgIpc) is 2.96. The normalized spacial score (nSPS) is 16.3. The third-order valence-corrected chi connectivity index (χ3v) is 6.16. The summed E-state index contributed by atoms with van der Waals surface area (Å²) in [6.45, 7) is 6.07. The molecule has 3 aromatic rings. The number of aromatic nitrogens is 2. The summed E-state index contributed by atoms with van der Waals surface area (Å²) in [6.07, 6.45) is 3.04. The van der Waals surface area contributed by atoms with Gasteiger partial charge in [0.2, 0.25) is 0 Å². The van der Waals surface area contributed by atoms with E-state index in [1.807, 2.05) is 19.9 Å². The first kappa shape index (κ1) is 17.9. The number of esters is 1. The maximum absolute atomic E-state index is 12.6. The molecule has 6 heteroatoms. The van der Waals surface area contributed by atoms with E-state index in [0.29, 0.717) is 22.7 Å². The average molecular weight is 382 g/mol. The number of nitrogens with one attached hydrogen (secondary N) is 1. The fourth-order valence-corrected chi connectivity index (χ4v) is 5.17. The smallest absolute Gasteiger partial charge is 0.338 e. The predicted octanol–water partition coefficient (Wildman–Crippen LogP) is 4.08. The van der Waals surface area contributed by atoms with E-state index >= 15 is 0 Å². The number of rotatable bonds is 3. The second-order valence-corrected chi connectivity index (χ2v) is 8.58. The van der Waals surface area contributed by atoms with Gasteiger partial charge in [-0.25, -0.2) is 9.78 Å². The van der Waals surface area contributed by atoms with E-state index in [-0.39, 0.29) is 12.2 Å². The van der Waals surface area contributed by atoms with Gasteiger partial charge in [0.1, 0.15) is 17.3 Å². The first-order valence-electron chi connectivity index (χ1n) is 9.19. The zero-order chi connectivity index (χ0) is 19.1. The van der Waals surface area contributed by atoms with Crippen molar-refractivity contribution in [2.24, 2.45) is 5.92 Å². The molecule has 0 saturated carbocycles. The zero-order valence-electron chi connectivity index (χ0n) is 15.7. The van der Waals surface area contributed by atoms with Crippen molar-refractivity contribution in [3.63, 3.8) is 0 Å². The van der Waals surface area contributed by atoms with E-state index in [1.54, 1.807) is 23.5 Å². The molecule has 0 bridgehead atoms. The lowest BCUT2D eigenvalue weighted by molar-refractivity contribution is 0.0462. The Morgan fingerprint density at radius 2 is 2.04 bits per heavy atom. The summed E-state index contributed by atoms with van der Waals surface area (Å²) in [6, 6.07) is 5.59. The lowest BCUT2D eigenvalue weighted by atomic mass is 9.89. The molecule has 2 aromatic heterocycles. The Bertz CT molecular complexity index is 1080. The molecule has 1 atom stereocenters. The Balaban J connectivity index is 1.58. The van der Waals surface area contributed by atoms with Crippen LogP contribution in [0.25, 0.3) is 10.2 Å². The van der Waals surface area contributed by atoms with Gasteiger partial charge in [0, 0.05) is 4.88 Å². The van der Waals surface area contributed by atoms with Crippen molar-refractivity contribution in [3.8, 4) is 0 Å². The summed E-state index contributed by atoms with van der Waals surface area (Å²) in [5.74, 6) is 0.614. The van der Waals surface area contributed by atoms with Gasteiger partial charge in [-0.15, -0.1) is 11.3 Å². The van der Waals surface area contributed by atoms with Crippen molar-refractivity contribution < 1.29 is 9.53 Å². The highest BCUT2D eigenvalue weighted by molar-refractivity contribution is 7.18. The van der Waals surface area contributed by atoms with Crippen molar-refractivity contribution in [1.29, 1.82) is 0 Å². The monoisotopic (exact) mass is 382 g/mol. The van der Waals surface area contributed by atoms with E-state index < -0.39 is 5.97 Å². The van der Waals surface area contributed by atoms with Gasteiger partial charge in [-0.05, 0) is 56.7 Å². The molecule has 0 aliphatic heterocycles. The minimum Gasteiger partial charge on any atom is -0.454 e. The number of nitrogens with zero attached hydrogens (tertiary/aromatic N) is 1. The molecule has 1 N–H and O–H groups in total. The predicted molar refractivity (Wildman–Crippen MR) is 106 cm³/mol. The van der Waals surface area contributed by atoms with Crippen LogP contribution in [0, 0.1) is 19.8 Å². The highest BCUT2D eigenvalue weighted by Gasteiger charge is 2.23. The molecule has 1 aliphatic rings. The number of thiophene rings is 1. The number of ether oxygens (including phenoxy) is 1. The molecule has 4 rings (SSSR count). The summed E-state index contributed by atoms with van der Waals surface area (Å²) in [5, 5.41) is 0.714. The molecule has 1 unspecified atom stereocenters. The van der Waals surface area contributed by atoms with Crippen molar-refractivity contribution in [2.45, 2.75) is 46.6 Å². The number of hydrogen-bond donors (Lipinski definition) is 1. The van der Waals surface area contributed by atoms with Gasteiger partial charge in [-0.1, -0.05) is 24.1 Å². The Morgan fingerprint density at radius 3 is 2.78 bits per heavy atom. The molecule has 27 heavy (non-hydrogen) atoms. The standard InChI is InChI=1S/C21H22N2O3S/c1-11-4-5-15-16(9-11)27-20-18(15)19(24)22-17(23-20)10-26-21(25)14-7-12(2)6-13(3)8-14/h6-8,11H,4-5,9-10H2,1-3H3,(H,22,23,24). The van der Waals surface area contributed by atoms with Crippen molar-refractivity contribution in [1.82, 2.24) is 9.97 Å². The van der Waals surface area contributed by atoms with E-state index in [9.17, 15) is 9.59 Å². The van der Waals surface area contributed by atoms with Gasteiger partial charge >= 0.3 is 5.97 Å². The topological polar surface area (TPSA) is 72.0 Å². The van der Waals surface area contributed by atoms with E-state index in [4.69, 9.17) is 4.74 Å². The SMILES string of the molecule is Cc1cc(C)cc(C(=O)OCc2nc3sc4c(c3c(=O)[nH]2)CCC(C)C4)c1. The maximum Gasteiger partial charge on any atom is 0.338 e. The van der Waals surface area contributed by atoms with Crippen LogP contribution in [0.1, 0.15) is 51.1 Å². The highest BCUT2D eigenvalue weighted by Crippen LogP contribution is 2.35. The van der Waals surface area contributed by atoms with Gasteiger partial charge in [0.05, 0.1) is 10.9 Å². The van der Waals surface area contributed by atoms with Crippen LogP contribution >= 0.6 is 11.3 Å². The minimum atomic E-state index is -0.413. The molecular formula is C21H22N2O3S. The Labute approximate surface area is 161 Å². The number of hydrogen-bond acceptors (Lipinski definition) is 5. The van der Waals surface area contributed by atoms with E-state index in [1.165, 1.54) is 4.88 Å². The number of carbonyl (C=O) groups excluding carboxylic acids is 1. The number of carbonyl (C=O) groups is 1. The quantitative estimate of drug-likeness (QED) is 0.693. The van der Waals surface area contributed by atoms with Crippen molar-refractivity contribution >= 4 is 27.5 Å². The van der Waals surface area contributed by atoms with Crippen LogP contribution in [0.2, 0.25) is 0 Å². The Morgan fingerprint density at radius 1 is 1.30 bits per heavy atom. The minimum absolute atomic E-state index is 0.0457. The second kappa shape index (κ2) is 6.93. The van der Waals surface area contributed by atoms with Crippen LogP contribution in [0.5, 0.6) is 0 Å². The van der Waals surface area contributed by atoms with Crippen LogP contribution < -0.4 is 5.56 Å². The van der Waals surface area contributed by atoms with E-state index in [0.717, 1.165) is 40.8 Å². The second-order valence-electron chi connectivity index (χ2n) is 7.50. The number of fused-ring (bicyclic) bond motifs is 3. The number of aryl methyl sites for hydroxylation is 3. The summed E-state index contributed by atoms with van der Waals surface area (Å²) >= 11 is 1.59. The first-order chi connectivity index (χ1) is 12.9. The highest BCUT2D eigenvalue weighted by atomic mass is 32.1. The van der Waals surface area contributed by atoms with Crippen molar-refractivity contribution in [3.05, 3.63) is 61.5 Å². The van der Waals surface area contributed by atoms with Gasteiger partial charge in [0.15, 0.2) is 0 Å². The third-order valence-electron chi connectivity index (χ3n) is 5.01. The summed E-state index contributed by atoms with van der Waals surface area (Å²) < 4.78 is 5.38. The molecule has 140 valence electrons. The summed E-state index contributed by atoms with van der Waals surface area (Å²) in [4.78, 5) is 34.3. The van der Waals surface area contributed by atoms with Crippen LogP contribution in [0.4, 0.5) is 0 Å². The molecule has 0 spiro atoms. The summed E-state index contributed by atoms with van der Waals surface area (Å²) in [5.41, 5.74) is 3.54. The van der Waals surface area contributed by atoms with Crippen LogP contribution in [-0.2, 0) is 24.2 Å². The molecule has 2 heterocycles. The largest absolute Gasteiger partial charge is 0.454 e. The molecule has 0 amide bonds. The molecule has 1 aromatic carbocycles.